The highest BCUT2D eigenvalue weighted by Crippen LogP contribution is 2.21. The normalized spacial score (nSPS) is 13.0. The van der Waals surface area contributed by atoms with Crippen LogP contribution in [0.2, 0.25) is 0 Å². The molecule has 0 aliphatic heterocycles. The Hall–Kier alpha value is -3.05. The minimum absolute atomic E-state index is 0.216. The molecule has 0 saturated carbocycles. The fourth-order valence-corrected chi connectivity index (χ4v) is 2.57. The molecular formula is C20H19N3O2. The van der Waals surface area contributed by atoms with Crippen LogP contribution in [0.5, 0.6) is 0 Å². The number of amides is 1. The number of aliphatic hydroxyl groups is 1. The van der Waals surface area contributed by atoms with Crippen molar-refractivity contribution >= 4 is 5.91 Å². The predicted octanol–water partition coefficient (Wildman–Crippen LogP) is 3.05. The summed E-state index contributed by atoms with van der Waals surface area (Å²) in [5.74, 6) is -0.417. The molecule has 2 N–H and O–H groups in total. The zero-order valence-corrected chi connectivity index (χ0v) is 13.8. The van der Waals surface area contributed by atoms with Gasteiger partial charge in [-0.05, 0) is 23.6 Å². The highest BCUT2D eigenvalue weighted by atomic mass is 16.3. The van der Waals surface area contributed by atoms with E-state index in [0.717, 1.165) is 16.7 Å². The van der Waals surface area contributed by atoms with Gasteiger partial charge in [-0.25, -0.2) is 9.97 Å². The molecule has 1 amide bonds. The lowest BCUT2D eigenvalue weighted by Gasteiger charge is -2.18. The summed E-state index contributed by atoms with van der Waals surface area (Å²) in [5.41, 5.74) is 3.47. The van der Waals surface area contributed by atoms with Crippen molar-refractivity contribution in [3.8, 4) is 11.1 Å². The molecule has 2 aromatic carbocycles. The lowest BCUT2D eigenvalue weighted by atomic mass is 10.0. The van der Waals surface area contributed by atoms with Crippen LogP contribution in [0, 0.1) is 0 Å². The quantitative estimate of drug-likeness (QED) is 0.752. The minimum Gasteiger partial charge on any atom is -0.378 e. The van der Waals surface area contributed by atoms with E-state index in [0.29, 0.717) is 5.56 Å². The van der Waals surface area contributed by atoms with Crippen LogP contribution < -0.4 is 5.32 Å². The van der Waals surface area contributed by atoms with Crippen molar-refractivity contribution in [1.29, 1.82) is 0 Å². The molecule has 0 fully saturated rings. The average Bonchev–Trinajstić information content (AvgIpc) is 2.68. The van der Waals surface area contributed by atoms with E-state index >= 15 is 0 Å². The SMILES string of the molecule is CC(NC(=O)C(O)c1ccccc1)c1ccc(-c2cncnc2)cc1. The summed E-state index contributed by atoms with van der Waals surface area (Å²) < 4.78 is 0. The van der Waals surface area contributed by atoms with Crippen LogP contribution in [0.25, 0.3) is 11.1 Å². The Morgan fingerprint density at radius 1 is 0.920 bits per heavy atom. The van der Waals surface area contributed by atoms with E-state index in [1.807, 2.05) is 37.3 Å². The summed E-state index contributed by atoms with van der Waals surface area (Å²) in [6.45, 7) is 1.89. The third kappa shape index (κ3) is 4.08. The monoisotopic (exact) mass is 333 g/mol. The van der Waals surface area contributed by atoms with Gasteiger partial charge in [0, 0.05) is 18.0 Å². The largest absolute Gasteiger partial charge is 0.378 e. The number of rotatable bonds is 5. The maximum atomic E-state index is 12.2. The van der Waals surface area contributed by atoms with Crippen LogP contribution in [0.1, 0.15) is 30.2 Å². The molecule has 25 heavy (non-hydrogen) atoms. The van der Waals surface area contributed by atoms with Crippen LogP contribution >= 0.6 is 0 Å². The smallest absolute Gasteiger partial charge is 0.253 e. The third-order valence-electron chi connectivity index (χ3n) is 4.03. The Balaban J connectivity index is 1.67. The van der Waals surface area contributed by atoms with E-state index in [1.165, 1.54) is 6.33 Å². The second-order valence-corrected chi connectivity index (χ2v) is 5.79. The number of nitrogens with one attached hydrogen (secondary N) is 1. The predicted molar refractivity (Wildman–Crippen MR) is 95.4 cm³/mol. The fourth-order valence-electron chi connectivity index (χ4n) is 2.57. The van der Waals surface area contributed by atoms with Crippen molar-refractivity contribution in [2.75, 3.05) is 0 Å². The first-order valence-corrected chi connectivity index (χ1v) is 8.04. The Morgan fingerprint density at radius 2 is 1.56 bits per heavy atom. The first-order valence-electron chi connectivity index (χ1n) is 8.04. The highest BCUT2D eigenvalue weighted by molar-refractivity contribution is 5.82. The summed E-state index contributed by atoms with van der Waals surface area (Å²) in [6, 6.07) is 16.5. The van der Waals surface area contributed by atoms with Gasteiger partial charge >= 0.3 is 0 Å². The summed E-state index contributed by atoms with van der Waals surface area (Å²) in [5, 5.41) is 13.0. The zero-order chi connectivity index (χ0) is 17.6. The summed E-state index contributed by atoms with van der Waals surface area (Å²) in [4.78, 5) is 20.3. The van der Waals surface area contributed by atoms with Gasteiger partial charge in [-0.2, -0.15) is 0 Å². The molecule has 2 unspecified atom stereocenters. The van der Waals surface area contributed by atoms with E-state index in [1.54, 1.807) is 36.7 Å². The number of benzene rings is 2. The van der Waals surface area contributed by atoms with Gasteiger partial charge in [0.25, 0.3) is 5.91 Å². The van der Waals surface area contributed by atoms with E-state index in [4.69, 9.17) is 0 Å². The van der Waals surface area contributed by atoms with Crippen molar-refractivity contribution in [2.24, 2.45) is 0 Å². The highest BCUT2D eigenvalue weighted by Gasteiger charge is 2.19. The van der Waals surface area contributed by atoms with Gasteiger partial charge in [-0.1, -0.05) is 54.6 Å². The molecule has 126 valence electrons. The third-order valence-corrected chi connectivity index (χ3v) is 4.03. The molecule has 5 nitrogen and oxygen atoms in total. The molecule has 3 aromatic rings. The Bertz CT molecular complexity index is 821. The van der Waals surface area contributed by atoms with Crippen molar-refractivity contribution < 1.29 is 9.90 Å². The molecule has 5 heteroatoms. The van der Waals surface area contributed by atoms with E-state index < -0.39 is 12.0 Å². The molecule has 0 bridgehead atoms. The Kier molecular flexibility index (Phi) is 5.16. The van der Waals surface area contributed by atoms with E-state index in [2.05, 4.69) is 15.3 Å². The second kappa shape index (κ2) is 7.68. The zero-order valence-electron chi connectivity index (χ0n) is 13.8. The van der Waals surface area contributed by atoms with Crippen LogP contribution in [-0.2, 0) is 4.79 Å². The number of hydrogen-bond acceptors (Lipinski definition) is 4. The van der Waals surface area contributed by atoms with Gasteiger partial charge in [-0.3, -0.25) is 4.79 Å². The van der Waals surface area contributed by atoms with Crippen LogP contribution in [-0.4, -0.2) is 21.0 Å². The minimum atomic E-state index is -1.18. The van der Waals surface area contributed by atoms with E-state index in [9.17, 15) is 9.90 Å². The number of hydrogen-bond donors (Lipinski definition) is 2. The molecule has 1 heterocycles. The van der Waals surface area contributed by atoms with Crippen LogP contribution in [0.4, 0.5) is 0 Å². The van der Waals surface area contributed by atoms with Crippen molar-refractivity contribution in [1.82, 2.24) is 15.3 Å². The fraction of sp³-hybridized carbons (Fsp3) is 0.150. The second-order valence-electron chi connectivity index (χ2n) is 5.79. The Morgan fingerprint density at radius 3 is 2.20 bits per heavy atom. The molecule has 1 aromatic heterocycles. The molecule has 0 aliphatic rings. The number of carbonyl (C=O) groups excluding carboxylic acids is 1. The lowest BCUT2D eigenvalue weighted by Crippen LogP contribution is -2.31. The molecule has 0 aliphatic carbocycles. The van der Waals surface area contributed by atoms with Crippen LogP contribution in [0.15, 0.2) is 73.3 Å². The van der Waals surface area contributed by atoms with Gasteiger partial charge in [0.15, 0.2) is 6.10 Å². The molecule has 0 radical (unpaired) electrons. The average molecular weight is 333 g/mol. The standard InChI is InChI=1S/C20H19N3O2/c1-14(23-20(25)19(24)17-5-3-2-4-6-17)15-7-9-16(10-8-15)18-11-21-13-22-12-18/h2-14,19,24H,1H3,(H,23,25). The van der Waals surface area contributed by atoms with Crippen molar-refractivity contribution in [3.05, 3.63) is 84.4 Å². The van der Waals surface area contributed by atoms with Gasteiger partial charge in [0.2, 0.25) is 0 Å². The van der Waals surface area contributed by atoms with Gasteiger partial charge in [0.1, 0.15) is 6.33 Å². The number of nitrogens with zero attached hydrogens (tertiary/aromatic N) is 2. The van der Waals surface area contributed by atoms with E-state index in [-0.39, 0.29) is 6.04 Å². The molecule has 0 saturated heterocycles. The lowest BCUT2D eigenvalue weighted by molar-refractivity contribution is -0.130. The van der Waals surface area contributed by atoms with Crippen molar-refractivity contribution in [2.45, 2.75) is 19.1 Å². The number of aromatic nitrogens is 2. The maximum absolute atomic E-state index is 12.2. The van der Waals surface area contributed by atoms with Crippen molar-refractivity contribution in [3.63, 3.8) is 0 Å². The van der Waals surface area contributed by atoms with Gasteiger partial charge < -0.3 is 10.4 Å². The first kappa shape index (κ1) is 16.8. The summed E-state index contributed by atoms with van der Waals surface area (Å²) in [7, 11) is 0. The maximum Gasteiger partial charge on any atom is 0.253 e. The molecule has 3 rings (SSSR count). The summed E-state index contributed by atoms with van der Waals surface area (Å²) in [6.07, 6.45) is 3.82. The van der Waals surface area contributed by atoms with Gasteiger partial charge in [-0.15, -0.1) is 0 Å². The Labute approximate surface area is 146 Å². The number of carbonyl (C=O) groups is 1. The van der Waals surface area contributed by atoms with Crippen LogP contribution in [0.3, 0.4) is 0 Å². The molecule has 0 spiro atoms. The van der Waals surface area contributed by atoms with Gasteiger partial charge in [0.05, 0.1) is 6.04 Å². The topological polar surface area (TPSA) is 75.1 Å². The number of aliphatic hydroxyl groups excluding tert-OH is 1. The first-order chi connectivity index (χ1) is 12.1. The molecule has 2 atom stereocenters. The summed E-state index contributed by atoms with van der Waals surface area (Å²) >= 11 is 0. The molecular weight excluding hydrogens is 314 g/mol.